The second-order valence-electron chi connectivity index (χ2n) is 6.69. The molecule has 0 radical (unpaired) electrons. The van der Waals surface area contributed by atoms with Crippen molar-refractivity contribution in [1.82, 2.24) is 5.32 Å². The van der Waals surface area contributed by atoms with E-state index in [4.69, 9.17) is 16.3 Å². The minimum absolute atomic E-state index is 0.0228. The number of ether oxygens (including phenoxy) is 1. The number of fused-ring (bicyclic) bond motifs is 2. The molecule has 1 aliphatic heterocycles. The first-order chi connectivity index (χ1) is 11.2. The van der Waals surface area contributed by atoms with Crippen molar-refractivity contribution in [3.05, 3.63) is 70.2 Å². The zero-order valence-corrected chi connectivity index (χ0v) is 14.1. The molecule has 2 aromatic rings. The lowest BCUT2D eigenvalue weighted by Gasteiger charge is -2.38. The van der Waals surface area contributed by atoms with Crippen molar-refractivity contribution in [2.75, 3.05) is 7.05 Å². The lowest BCUT2D eigenvalue weighted by atomic mass is 9.77. The molecule has 1 heterocycles. The Hall–Kier alpha value is -1.35. The molecule has 4 rings (SSSR count). The van der Waals surface area contributed by atoms with Crippen LogP contribution in [0, 0.1) is 0 Å². The summed E-state index contributed by atoms with van der Waals surface area (Å²) in [6, 6.07) is 17.4. The molecule has 0 saturated heterocycles. The molecule has 1 unspecified atom stereocenters. The minimum Gasteiger partial charge on any atom is -0.358 e. The quantitative estimate of drug-likeness (QED) is 0.854. The van der Waals surface area contributed by atoms with E-state index in [1.165, 1.54) is 16.7 Å². The smallest absolute Gasteiger partial charge is 0.109 e. The van der Waals surface area contributed by atoms with E-state index in [0.29, 0.717) is 6.04 Å². The summed E-state index contributed by atoms with van der Waals surface area (Å²) in [6.07, 6.45) is 4.52. The summed E-state index contributed by atoms with van der Waals surface area (Å²) in [7, 11) is 2.06. The summed E-state index contributed by atoms with van der Waals surface area (Å²) in [5.74, 6) is 0. The molecule has 1 N–H and O–H groups in total. The van der Waals surface area contributed by atoms with Crippen LogP contribution in [0.15, 0.2) is 48.5 Å². The molecule has 2 aromatic carbocycles. The van der Waals surface area contributed by atoms with Crippen LogP contribution in [0.4, 0.5) is 0 Å². The predicted molar refractivity (Wildman–Crippen MR) is 93.8 cm³/mol. The Labute approximate surface area is 142 Å². The third-order valence-electron chi connectivity index (χ3n) is 5.45. The third kappa shape index (κ3) is 2.59. The van der Waals surface area contributed by atoms with Crippen LogP contribution in [0.3, 0.4) is 0 Å². The van der Waals surface area contributed by atoms with Crippen molar-refractivity contribution in [3.8, 4) is 0 Å². The van der Waals surface area contributed by atoms with Gasteiger partial charge in [0.1, 0.15) is 6.10 Å². The molecule has 1 aliphatic carbocycles. The van der Waals surface area contributed by atoms with E-state index in [-0.39, 0.29) is 11.7 Å². The first-order valence-corrected chi connectivity index (χ1v) is 8.80. The van der Waals surface area contributed by atoms with Gasteiger partial charge < -0.3 is 10.1 Å². The van der Waals surface area contributed by atoms with Crippen LogP contribution in [0.25, 0.3) is 0 Å². The zero-order valence-electron chi connectivity index (χ0n) is 13.4. The Bertz CT molecular complexity index is 689. The summed E-state index contributed by atoms with van der Waals surface area (Å²) in [5, 5.41) is 4.18. The topological polar surface area (TPSA) is 21.3 Å². The standard InChI is InChI=1S/C20H22ClNO/c1-22-16-10-12-20(13-11-16)18-5-3-2-4-17(18)19(23-20)14-6-8-15(21)9-7-14/h2-9,16,19,22H,10-13H2,1H3. The Morgan fingerprint density at radius 1 is 1.04 bits per heavy atom. The molecule has 23 heavy (non-hydrogen) atoms. The first kappa shape index (κ1) is 15.2. The van der Waals surface area contributed by atoms with Gasteiger partial charge in [-0.25, -0.2) is 0 Å². The van der Waals surface area contributed by atoms with Gasteiger partial charge in [0.05, 0.1) is 5.60 Å². The lowest BCUT2D eigenvalue weighted by Crippen LogP contribution is -2.38. The van der Waals surface area contributed by atoms with E-state index < -0.39 is 0 Å². The number of benzene rings is 2. The van der Waals surface area contributed by atoms with Crippen LogP contribution in [0.5, 0.6) is 0 Å². The zero-order chi connectivity index (χ0) is 15.9. The van der Waals surface area contributed by atoms with Crippen molar-refractivity contribution in [3.63, 3.8) is 0 Å². The SMILES string of the molecule is CNC1CCC2(CC1)OC(c1ccc(Cl)cc1)c1ccccc12. The highest BCUT2D eigenvalue weighted by Gasteiger charge is 2.46. The van der Waals surface area contributed by atoms with Gasteiger partial charge in [0, 0.05) is 11.1 Å². The number of halogens is 1. The number of hydrogen-bond donors (Lipinski definition) is 1. The molecule has 2 aliphatic rings. The summed E-state index contributed by atoms with van der Waals surface area (Å²) in [4.78, 5) is 0. The average molecular weight is 328 g/mol. The van der Waals surface area contributed by atoms with E-state index in [1.807, 2.05) is 12.1 Å². The van der Waals surface area contributed by atoms with E-state index >= 15 is 0 Å². The van der Waals surface area contributed by atoms with E-state index in [9.17, 15) is 0 Å². The minimum atomic E-state index is -0.117. The molecule has 1 spiro atoms. The van der Waals surface area contributed by atoms with Crippen molar-refractivity contribution in [2.45, 2.75) is 43.4 Å². The molecular weight excluding hydrogens is 306 g/mol. The average Bonchev–Trinajstić information content (AvgIpc) is 2.91. The van der Waals surface area contributed by atoms with Crippen LogP contribution in [0.1, 0.15) is 48.5 Å². The Balaban J connectivity index is 1.71. The largest absolute Gasteiger partial charge is 0.358 e. The Morgan fingerprint density at radius 3 is 2.43 bits per heavy atom. The van der Waals surface area contributed by atoms with Gasteiger partial charge in [-0.15, -0.1) is 0 Å². The van der Waals surface area contributed by atoms with Gasteiger partial charge >= 0.3 is 0 Å². The molecule has 1 atom stereocenters. The van der Waals surface area contributed by atoms with Crippen LogP contribution >= 0.6 is 11.6 Å². The summed E-state index contributed by atoms with van der Waals surface area (Å²) in [5.41, 5.74) is 3.77. The van der Waals surface area contributed by atoms with Crippen molar-refractivity contribution in [1.29, 1.82) is 0 Å². The second-order valence-corrected chi connectivity index (χ2v) is 7.13. The molecular formula is C20H22ClNO. The van der Waals surface area contributed by atoms with Crippen molar-refractivity contribution in [2.24, 2.45) is 0 Å². The summed E-state index contributed by atoms with van der Waals surface area (Å²) < 4.78 is 6.71. The third-order valence-corrected chi connectivity index (χ3v) is 5.70. The van der Waals surface area contributed by atoms with Crippen molar-refractivity contribution < 1.29 is 4.74 Å². The number of hydrogen-bond acceptors (Lipinski definition) is 2. The highest BCUT2D eigenvalue weighted by Crippen LogP contribution is 2.53. The van der Waals surface area contributed by atoms with Crippen molar-refractivity contribution >= 4 is 11.6 Å². The number of nitrogens with one attached hydrogen (secondary N) is 1. The molecule has 0 bridgehead atoms. The van der Waals surface area contributed by atoms with Gasteiger partial charge in [0.2, 0.25) is 0 Å². The van der Waals surface area contributed by atoms with Gasteiger partial charge in [0.15, 0.2) is 0 Å². The molecule has 2 nitrogen and oxygen atoms in total. The Kier molecular flexibility index (Phi) is 3.92. The Morgan fingerprint density at radius 2 is 1.74 bits per heavy atom. The van der Waals surface area contributed by atoms with Crippen LogP contribution in [-0.2, 0) is 10.3 Å². The molecule has 0 aromatic heterocycles. The lowest BCUT2D eigenvalue weighted by molar-refractivity contribution is -0.0878. The van der Waals surface area contributed by atoms with Gasteiger partial charge in [-0.2, -0.15) is 0 Å². The maximum atomic E-state index is 6.71. The monoisotopic (exact) mass is 327 g/mol. The van der Waals surface area contributed by atoms with Crippen LogP contribution in [-0.4, -0.2) is 13.1 Å². The summed E-state index contributed by atoms with van der Waals surface area (Å²) >= 11 is 6.04. The molecule has 1 saturated carbocycles. The van der Waals surface area contributed by atoms with Gasteiger partial charge in [0.25, 0.3) is 0 Å². The molecule has 3 heteroatoms. The van der Waals surface area contributed by atoms with Gasteiger partial charge in [-0.1, -0.05) is 48.0 Å². The van der Waals surface area contributed by atoms with E-state index in [1.54, 1.807) is 0 Å². The highest BCUT2D eigenvalue weighted by atomic mass is 35.5. The van der Waals surface area contributed by atoms with Crippen LogP contribution in [0.2, 0.25) is 5.02 Å². The second kappa shape index (κ2) is 5.94. The maximum absolute atomic E-state index is 6.71. The van der Waals surface area contributed by atoms with Gasteiger partial charge in [-0.05, 0) is 61.6 Å². The summed E-state index contributed by atoms with van der Waals surface area (Å²) in [6.45, 7) is 0. The fourth-order valence-electron chi connectivity index (χ4n) is 4.14. The van der Waals surface area contributed by atoms with Gasteiger partial charge in [-0.3, -0.25) is 0 Å². The van der Waals surface area contributed by atoms with Crippen LogP contribution < -0.4 is 5.32 Å². The van der Waals surface area contributed by atoms with E-state index in [0.717, 1.165) is 30.7 Å². The maximum Gasteiger partial charge on any atom is 0.109 e. The normalized spacial score (nSPS) is 29.7. The number of rotatable bonds is 2. The predicted octanol–water partition coefficient (Wildman–Crippen LogP) is 4.82. The first-order valence-electron chi connectivity index (χ1n) is 8.42. The molecule has 1 fully saturated rings. The molecule has 0 amide bonds. The fraction of sp³-hybridized carbons (Fsp3) is 0.400. The van der Waals surface area contributed by atoms with E-state index in [2.05, 4.69) is 48.8 Å². The molecule has 120 valence electrons. The highest BCUT2D eigenvalue weighted by molar-refractivity contribution is 6.30. The fourth-order valence-corrected chi connectivity index (χ4v) is 4.26.